The number of aromatic nitrogens is 2. The smallest absolute Gasteiger partial charge is 0.271 e. The highest BCUT2D eigenvalue weighted by Gasteiger charge is 2.45. The molecule has 4 fully saturated rings. The Morgan fingerprint density at radius 2 is 1.59 bits per heavy atom. The molecule has 2 aromatic carbocycles. The maximum Gasteiger partial charge on any atom is 0.271 e. The lowest BCUT2D eigenvalue weighted by Crippen LogP contribution is -2.54. The van der Waals surface area contributed by atoms with E-state index in [0.717, 1.165) is 56.5 Å². The van der Waals surface area contributed by atoms with Gasteiger partial charge in [-0.3, -0.25) is 39.0 Å². The summed E-state index contributed by atoms with van der Waals surface area (Å²) in [5.74, 6) is 0.0637. The molecule has 17 heteroatoms. The van der Waals surface area contributed by atoms with Gasteiger partial charge in [0.1, 0.15) is 47.0 Å². The first-order valence-electron chi connectivity index (χ1n) is 20.9. The number of anilines is 1. The summed E-state index contributed by atoms with van der Waals surface area (Å²) in [5.41, 5.74) is 1.06. The van der Waals surface area contributed by atoms with Crippen molar-refractivity contribution in [3.8, 4) is 23.3 Å². The molecule has 318 valence electrons. The fourth-order valence-corrected chi connectivity index (χ4v) is 8.98. The maximum atomic E-state index is 13.2. The summed E-state index contributed by atoms with van der Waals surface area (Å²) in [5, 5.41) is 14.5. The molecule has 61 heavy (non-hydrogen) atoms. The van der Waals surface area contributed by atoms with Gasteiger partial charge in [0.05, 0.1) is 42.3 Å². The fourth-order valence-electron chi connectivity index (χ4n) is 8.98. The molecule has 0 bridgehead atoms. The number of hydrogen-bond acceptors (Lipinski definition) is 13. The van der Waals surface area contributed by atoms with Gasteiger partial charge in [0.25, 0.3) is 17.7 Å². The first kappa shape index (κ1) is 41.2. The summed E-state index contributed by atoms with van der Waals surface area (Å²) >= 11 is 0. The van der Waals surface area contributed by atoms with Crippen LogP contribution < -0.4 is 29.7 Å². The highest BCUT2D eigenvalue weighted by Crippen LogP contribution is 2.35. The number of fused-ring (bicyclic) bond motifs is 1. The fraction of sp³-hybridized carbons (Fsp3) is 0.477. The highest BCUT2D eigenvalue weighted by molar-refractivity contribution is 6.23. The standard InChI is InChI=1S/C44H48N8O9/c1-25(53)51(29-17-33(18-29)61-31-9-10-34-35(19-31)44(58)52(43(34)57)37-11-12-40(54)49-42(37)56)24-26-13-15-50(16-14-26)39-23-46-36(22-47-39)41(55)48-28-4-7-30(8-5-28)60-32-6-3-27(21-45)38(20-32)59-2/h3,6,9-10,19-20,22-23,26,28-30,33,37H,4-5,7-8,11-18,24H2,1-2H3,(H,48,55)(H,49,54,56)/t28?,29?,30?,33?,37-/m1/s1. The van der Waals surface area contributed by atoms with Crippen LogP contribution in [0.3, 0.4) is 0 Å². The molecule has 2 saturated heterocycles. The van der Waals surface area contributed by atoms with Crippen molar-refractivity contribution in [2.45, 2.75) is 101 Å². The van der Waals surface area contributed by atoms with Crippen LogP contribution in [-0.4, -0.2) is 112 Å². The third kappa shape index (κ3) is 8.84. The van der Waals surface area contributed by atoms with E-state index in [4.69, 9.17) is 14.2 Å². The van der Waals surface area contributed by atoms with E-state index in [2.05, 4.69) is 31.6 Å². The molecular weight excluding hydrogens is 785 g/mol. The zero-order valence-electron chi connectivity index (χ0n) is 34.1. The molecule has 0 unspecified atom stereocenters. The molecular formula is C44H48N8O9. The summed E-state index contributed by atoms with van der Waals surface area (Å²) in [6.07, 6.45) is 9.19. The van der Waals surface area contributed by atoms with Gasteiger partial charge < -0.3 is 29.3 Å². The molecule has 3 aromatic rings. The lowest BCUT2D eigenvalue weighted by molar-refractivity contribution is -0.137. The molecule has 1 atom stereocenters. The monoisotopic (exact) mass is 832 g/mol. The summed E-state index contributed by atoms with van der Waals surface area (Å²) in [7, 11) is 1.52. The Bertz CT molecular complexity index is 2260. The Hall–Kier alpha value is -6.57. The molecule has 2 saturated carbocycles. The van der Waals surface area contributed by atoms with E-state index in [1.807, 2.05) is 4.90 Å². The van der Waals surface area contributed by atoms with Gasteiger partial charge >= 0.3 is 0 Å². The number of carbonyl (C=O) groups excluding carboxylic acids is 6. The minimum atomic E-state index is -1.04. The predicted octanol–water partition coefficient (Wildman–Crippen LogP) is 3.55. The topological polar surface area (TPSA) is 213 Å². The average molecular weight is 833 g/mol. The Morgan fingerprint density at radius 1 is 0.885 bits per heavy atom. The largest absolute Gasteiger partial charge is 0.495 e. The van der Waals surface area contributed by atoms with Crippen LogP contribution >= 0.6 is 0 Å². The quantitative estimate of drug-likeness (QED) is 0.250. The maximum absolute atomic E-state index is 13.2. The van der Waals surface area contributed by atoms with Gasteiger partial charge in [-0.25, -0.2) is 9.97 Å². The molecule has 1 aromatic heterocycles. The molecule has 4 heterocycles. The van der Waals surface area contributed by atoms with Crippen molar-refractivity contribution in [2.24, 2.45) is 5.92 Å². The minimum Gasteiger partial charge on any atom is -0.495 e. The van der Waals surface area contributed by atoms with E-state index in [1.165, 1.54) is 25.4 Å². The van der Waals surface area contributed by atoms with Crippen molar-refractivity contribution >= 4 is 41.3 Å². The number of rotatable bonds is 12. The molecule has 2 N–H and O–H groups in total. The third-order valence-electron chi connectivity index (χ3n) is 12.5. The number of methoxy groups -OCH3 is 1. The van der Waals surface area contributed by atoms with Crippen molar-refractivity contribution in [1.29, 1.82) is 5.26 Å². The molecule has 3 aliphatic heterocycles. The number of ether oxygens (including phenoxy) is 3. The van der Waals surface area contributed by atoms with Gasteiger partial charge in [-0.2, -0.15) is 5.26 Å². The van der Waals surface area contributed by atoms with Gasteiger partial charge in [-0.15, -0.1) is 0 Å². The van der Waals surface area contributed by atoms with Gasteiger partial charge in [-0.05, 0) is 81.2 Å². The number of amides is 6. The molecule has 2 aliphatic carbocycles. The van der Waals surface area contributed by atoms with Crippen molar-refractivity contribution < 1.29 is 43.0 Å². The second-order valence-corrected chi connectivity index (χ2v) is 16.4. The molecule has 17 nitrogen and oxygen atoms in total. The van der Waals surface area contributed by atoms with Crippen LogP contribution in [-0.2, 0) is 14.4 Å². The minimum absolute atomic E-state index is 0.00197. The number of piperidine rings is 2. The van der Waals surface area contributed by atoms with Crippen LogP contribution in [0.15, 0.2) is 48.8 Å². The molecule has 6 amide bonds. The van der Waals surface area contributed by atoms with Crippen molar-refractivity contribution in [2.75, 3.05) is 31.6 Å². The number of imide groups is 2. The number of nitriles is 1. The lowest BCUT2D eigenvalue weighted by atomic mass is 9.86. The molecule has 5 aliphatic rings. The third-order valence-corrected chi connectivity index (χ3v) is 12.5. The van der Waals surface area contributed by atoms with Crippen molar-refractivity contribution in [1.82, 2.24) is 30.4 Å². The van der Waals surface area contributed by atoms with E-state index < -0.39 is 29.7 Å². The highest BCUT2D eigenvalue weighted by atomic mass is 16.5. The molecule has 0 radical (unpaired) electrons. The van der Waals surface area contributed by atoms with E-state index in [0.29, 0.717) is 53.9 Å². The second-order valence-electron chi connectivity index (χ2n) is 16.4. The first-order valence-corrected chi connectivity index (χ1v) is 20.9. The van der Waals surface area contributed by atoms with Crippen LogP contribution in [0, 0.1) is 17.2 Å². The summed E-state index contributed by atoms with van der Waals surface area (Å²) in [6.45, 7) is 3.71. The van der Waals surface area contributed by atoms with E-state index >= 15 is 0 Å². The van der Waals surface area contributed by atoms with Crippen LogP contribution in [0.25, 0.3) is 0 Å². The van der Waals surface area contributed by atoms with E-state index in [9.17, 15) is 34.0 Å². The van der Waals surface area contributed by atoms with Crippen molar-refractivity contribution in [3.63, 3.8) is 0 Å². The van der Waals surface area contributed by atoms with Gasteiger partial charge in [0.2, 0.25) is 17.7 Å². The van der Waals surface area contributed by atoms with Crippen LogP contribution in [0.2, 0.25) is 0 Å². The number of benzene rings is 2. The van der Waals surface area contributed by atoms with Gasteiger partial charge in [-0.1, -0.05) is 0 Å². The number of carbonyl (C=O) groups is 6. The number of nitrogens with one attached hydrogen (secondary N) is 2. The Labute approximate surface area is 352 Å². The number of hydrogen-bond donors (Lipinski definition) is 2. The first-order chi connectivity index (χ1) is 29.5. The summed E-state index contributed by atoms with van der Waals surface area (Å²) in [4.78, 5) is 90.2. The van der Waals surface area contributed by atoms with E-state index in [1.54, 1.807) is 37.4 Å². The zero-order valence-corrected chi connectivity index (χ0v) is 34.1. The Kier molecular flexibility index (Phi) is 11.9. The second kappa shape index (κ2) is 17.6. The Balaban J connectivity index is 0.760. The molecule has 8 rings (SSSR count). The predicted molar refractivity (Wildman–Crippen MR) is 217 cm³/mol. The summed E-state index contributed by atoms with van der Waals surface area (Å²) < 4.78 is 17.6. The zero-order chi connectivity index (χ0) is 42.8. The van der Waals surface area contributed by atoms with Gasteiger partial charge in [0, 0.05) is 64.0 Å². The van der Waals surface area contributed by atoms with Gasteiger partial charge in [0.15, 0.2) is 0 Å². The molecule has 0 spiro atoms. The SMILES string of the molecule is COc1cc(OC2CCC(NC(=O)c3cnc(N4CCC(CN(C(C)=O)C5CC(Oc6ccc7c(c6)C(=O)N([C@@H]6CCC(=O)NC6=O)C7=O)C5)CC4)cn3)CC2)ccc1C#N. The van der Waals surface area contributed by atoms with E-state index in [-0.39, 0.29) is 65.8 Å². The lowest BCUT2D eigenvalue weighted by Gasteiger charge is -2.44. The van der Waals surface area contributed by atoms with Crippen molar-refractivity contribution in [3.05, 3.63) is 71.2 Å². The van der Waals surface area contributed by atoms with Crippen LogP contribution in [0.5, 0.6) is 17.2 Å². The Morgan fingerprint density at radius 3 is 2.26 bits per heavy atom. The average Bonchev–Trinajstić information content (AvgIpc) is 3.49. The number of nitrogens with zero attached hydrogens (tertiary/aromatic N) is 6. The van der Waals surface area contributed by atoms with Crippen LogP contribution in [0.1, 0.15) is 108 Å². The van der Waals surface area contributed by atoms with Crippen LogP contribution in [0.4, 0.5) is 5.82 Å². The summed E-state index contributed by atoms with van der Waals surface area (Å²) in [6, 6.07) is 11.0. The normalized spacial score (nSPS) is 23.9.